The second-order valence-electron chi connectivity index (χ2n) is 2.54. The number of hydrogen-bond donors (Lipinski definition) is 1. The highest BCUT2D eigenvalue weighted by Crippen LogP contribution is 2.21. The maximum absolute atomic E-state index is 10.6. The molecule has 0 spiro atoms. The fourth-order valence-corrected chi connectivity index (χ4v) is 1.78. The number of thioether (sulfide) groups is 1. The van der Waals surface area contributed by atoms with Crippen molar-refractivity contribution in [3.63, 3.8) is 0 Å². The van der Waals surface area contributed by atoms with Crippen molar-refractivity contribution in [1.29, 1.82) is 0 Å². The molecule has 0 aromatic carbocycles. The summed E-state index contributed by atoms with van der Waals surface area (Å²) in [4.78, 5) is 10.6. The van der Waals surface area contributed by atoms with Gasteiger partial charge in [-0.3, -0.25) is 4.79 Å². The van der Waals surface area contributed by atoms with Crippen LogP contribution in [0, 0.1) is 5.92 Å². The van der Waals surface area contributed by atoms with E-state index in [0.717, 1.165) is 0 Å². The molecule has 1 aliphatic heterocycles. The third-order valence-corrected chi connectivity index (χ3v) is 2.75. The van der Waals surface area contributed by atoms with Gasteiger partial charge in [-0.1, -0.05) is 13.8 Å². The largest absolute Gasteiger partial charge is 0.343 e. The molecule has 1 atom stereocenters. The molecule has 9 heavy (non-hydrogen) atoms. The summed E-state index contributed by atoms with van der Waals surface area (Å²) in [6.45, 7) is 4.23. The first-order valence-corrected chi connectivity index (χ1v) is 4.16. The minimum absolute atomic E-state index is 0.179. The molecule has 1 rings (SSSR count). The van der Waals surface area contributed by atoms with Crippen LogP contribution in [-0.2, 0) is 4.79 Å². The molecule has 1 amide bonds. The van der Waals surface area contributed by atoms with Crippen LogP contribution in [0.1, 0.15) is 13.8 Å². The molecule has 1 unspecified atom stereocenters. The van der Waals surface area contributed by atoms with Crippen LogP contribution in [0.15, 0.2) is 0 Å². The van der Waals surface area contributed by atoms with Crippen molar-refractivity contribution in [2.75, 3.05) is 5.75 Å². The zero-order valence-electron chi connectivity index (χ0n) is 5.68. The van der Waals surface area contributed by atoms with Gasteiger partial charge in [-0.25, -0.2) is 0 Å². The normalized spacial score (nSPS) is 27.0. The van der Waals surface area contributed by atoms with Crippen molar-refractivity contribution >= 4 is 17.7 Å². The molecule has 1 N–H and O–H groups in total. The van der Waals surface area contributed by atoms with Crippen LogP contribution >= 0.6 is 11.8 Å². The fourth-order valence-electron chi connectivity index (χ4n) is 0.767. The van der Waals surface area contributed by atoms with E-state index in [1.54, 1.807) is 11.8 Å². The molecular formula is C6H11NOS. The van der Waals surface area contributed by atoms with Gasteiger partial charge < -0.3 is 5.32 Å². The van der Waals surface area contributed by atoms with Gasteiger partial charge in [-0.15, -0.1) is 11.8 Å². The lowest BCUT2D eigenvalue weighted by molar-refractivity contribution is -0.118. The summed E-state index contributed by atoms with van der Waals surface area (Å²) in [7, 11) is 0. The van der Waals surface area contributed by atoms with E-state index in [9.17, 15) is 4.79 Å². The summed E-state index contributed by atoms with van der Waals surface area (Å²) in [5.74, 6) is 1.38. The van der Waals surface area contributed by atoms with Gasteiger partial charge in [0.05, 0.1) is 11.1 Å². The van der Waals surface area contributed by atoms with E-state index in [-0.39, 0.29) is 5.91 Å². The van der Waals surface area contributed by atoms with Crippen LogP contribution in [0.25, 0.3) is 0 Å². The van der Waals surface area contributed by atoms with Crippen molar-refractivity contribution in [3.8, 4) is 0 Å². The molecule has 0 aliphatic carbocycles. The van der Waals surface area contributed by atoms with Gasteiger partial charge in [0.1, 0.15) is 0 Å². The SMILES string of the molecule is CC(C)C1NC(=O)CS1. The van der Waals surface area contributed by atoms with Crippen molar-refractivity contribution in [2.45, 2.75) is 19.2 Å². The van der Waals surface area contributed by atoms with Crippen LogP contribution in [0.4, 0.5) is 0 Å². The summed E-state index contributed by atoms with van der Waals surface area (Å²) in [6.07, 6.45) is 0. The summed E-state index contributed by atoms with van der Waals surface area (Å²) in [6, 6.07) is 0. The first-order chi connectivity index (χ1) is 4.20. The Hall–Kier alpha value is -0.180. The van der Waals surface area contributed by atoms with E-state index in [0.29, 0.717) is 17.0 Å². The highest BCUT2D eigenvalue weighted by molar-refractivity contribution is 8.01. The third-order valence-electron chi connectivity index (χ3n) is 1.30. The molecule has 1 fully saturated rings. The Morgan fingerprint density at radius 1 is 1.78 bits per heavy atom. The molecule has 0 aromatic heterocycles. The standard InChI is InChI=1S/C6H11NOS/c1-4(2)6-7-5(8)3-9-6/h4,6H,3H2,1-2H3,(H,7,8). The predicted molar refractivity (Wildman–Crippen MR) is 39.2 cm³/mol. The minimum Gasteiger partial charge on any atom is -0.343 e. The number of rotatable bonds is 1. The van der Waals surface area contributed by atoms with Gasteiger partial charge in [-0.05, 0) is 5.92 Å². The van der Waals surface area contributed by atoms with Crippen LogP contribution in [-0.4, -0.2) is 17.0 Å². The first kappa shape index (κ1) is 6.93. The Kier molecular flexibility index (Phi) is 2.01. The van der Waals surface area contributed by atoms with Gasteiger partial charge in [0.15, 0.2) is 0 Å². The van der Waals surface area contributed by atoms with Gasteiger partial charge in [-0.2, -0.15) is 0 Å². The molecule has 2 nitrogen and oxygen atoms in total. The summed E-state index contributed by atoms with van der Waals surface area (Å²) in [5, 5.41) is 3.24. The number of carbonyl (C=O) groups excluding carboxylic acids is 1. The van der Waals surface area contributed by atoms with E-state index >= 15 is 0 Å². The summed E-state index contributed by atoms with van der Waals surface area (Å²) < 4.78 is 0. The topological polar surface area (TPSA) is 29.1 Å². The fraction of sp³-hybridized carbons (Fsp3) is 0.833. The average Bonchev–Trinajstić information content (AvgIpc) is 2.14. The second kappa shape index (κ2) is 2.60. The Labute approximate surface area is 59.4 Å². The van der Waals surface area contributed by atoms with Crippen LogP contribution in [0.5, 0.6) is 0 Å². The lowest BCUT2D eigenvalue weighted by atomic mass is 10.2. The van der Waals surface area contributed by atoms with Crippen molar-refractivity contribution < 1.29 is 4.79 Å². The molecule has 1 saturated heterocycles. The summed E-state index contributed by atoms with van der Waals surface area (Å²) >= 11 is 1.70. The molecule has 52 valence electrons. The predicted octanol–water partition coefficient (Wildman–Crippen LogP) is 0.831. The summed E-state index contributed by atoms with van der Waals surface area (Å²) in [5.41, 5.74) is 0. The molecule has 0 saturated carbocycles. The quantitative estimate of drug-likeness (QED) is 0.592. The van der Waals surface area contributed by atoms with E-state index in [4.69, 9.17) is 0 Å². The highest BCUT2D eigenvalue weighted by atomic mass is 32.2. The Bertz CT molecular complexity index is 124. The Morgan fingerprint density at radius 2 is 2.44 bits per heavy atom. The smallest absolute Gasteiger partial charge is 0.230 e. The van der Waals surface area contributed by atoms with Gasteiger partial charge >= 0.3 is 0 Å². The molecule has 1 heterocycles. The van der Waals surface area contributed by atoms with Crippen LogP contribution < -0.4 is 5.32 Å². The minimum atomic E-state index is 0.179. The van der Waals surface area contributed by atoms with Crippen LogP contribution in [0.3, 0.4) is 0 Å². The zero-order valence-corrected chi connectivity index (χ0v) is 6.49. The molecule has 0 radical (unpaired) electrons. The van der Waals surface area contributed by atoms with E-state index in [1.165, 1.54) is 0 Å². The molecule has 1 aliphatic rings. The Morgan fingerprint density at radius 3 is 2.67 bits per heavy atom. The van der Waals surface area contributed by atoms with Crippen LogP contribution in [0.2, 0.25) is 0 Å². The number of hydrogen-bond acceptors (Lipinski definition) is 2. The second-order valence-corrected chi connectivity index (χ2v) is 3.67. The van der Waals surface area contributed by atoms with Gasteiger partial charge in [0.25, 0.3) is 0 Å². The van der Waals surface area contributed by atoms with E-state index in [1.807, 2.05) is 0 Å². The van der Waals surface area contributed by atoms with Crippen molar-refractivity contribution in [1.82, 2.24) is 5.32 Å². The van der Waals surface area contributed by atoms with Gasteiger partial charge in [0, 0.05) is 0 Å². The maximum Gasteiger partial charge on any atom is 0.230 e. The first-order valence-electron chi connectivity index (χ1n) is 3.11. The third kappa shape index (κ3) is 1.61. The zero-order chi connectivity index (χ0) is 6.85. The number of nitrogens with one attached hydrogen (secondary N) is 1. The lowest BCUT2D eigenvalue weighted by Gasteiger charge is -2.11. The lowest BCUT2D eigenvalue weighted by Crippen LogP contribution is -2.28. The average molecular weight is 145 g/mol. The molecule has 0 aromatic rings. The molecule has 3 heteroatoms. The molecule has 0 bridgehead atoms. The highest BCUT2D eigenvalue weighted by Gasteiger charge is 2.23. The maximum atomic E-state index is 10.6. The van der Waals surface area contributed by atoms with E-state index in [2.05, 4.69) is 19.2 Å². The van der Waals surface area contributed by atoms with Crippen molar-refractivity contribution in [2.24, 2.45) is 5.92 Å². The number of amides is 1. The van der Waals surface area contributed by atoms with E-state index < -0.39 is 0 Å². The number of carbonyl (C=O) groups is 1. The Balaban J connectivity index is 2.39. The molecular weight excluding hydrogens is 134 g/mol. The monoisotopic (exact) mass is 145 g/mol. The van der Waals surface area contributed by atoms with Gasteiger partial charge in [0.2, 0.25) is 5.91 Å². The van der Waals surface area contributed by atoms with Crippen molar-refractivity contribution in [3.05, 3.63) is 0 Å².